The van der Waals surface area contributed by atoms with Crippen LogP contribution in [0.4, 0.5) is 0 Å². The van der Waals surface area contributed by atoms with Gasteiger partial charge in [-0.1, -0.05) is 36.4 Å². The van der Waals surface area contributed by atoms with Crippen LogP contribution in [-0.2, 0) is 18.8 Å². The maximum Gasteiger partial charge on any atom is 0.400 e. The van der Waals surface area contributed by atoms with Gasteiger partial charge in [0.25, 0.3) is 11.8 Å². The van der Waals surface area contributed by atoms with Gasteiger partial charge in [0.05, 0.1) is 34.2 Å². The smallest absolute Gasteiger partial charge is 0.333 e. The molecule has 1 saturated heterocycles. The van der Waals surface area contributed by atoms with E-state index in [1.54, 1.807) is 0 Å². The number of para-hydroxylation sites is 2. The van der Waals surface area contributed by atoms with E-state index in [1.165, 1.54) is 0 Å². The first-order valence-electron chi connectivity index (χ1n) is 11.4. The Morgan fingerprint density at radius 3 is 1.69 bits per heavy atom. The molecule has 9 nitrogen and oxygen atoms in total. The summed E-state index contributed by atoms with van der Waals surface area (Å²) >= 11 is 0. The summed E-state index contributed by atoms with van der Waals surface area (Å²) in [5.74, 6) is -0.830. The van der Waals surface area contributed by atoms with Gasteiger partial charge < -0.3 is 9.13 Å². The molecule has 172 valence electrons. The largest absolute Gasteiger partial charge is 0.400 e. The fraction of sp³-hybridized carbons (Fsp3) is 0.200. The fourth-order valence-corrected chi connectivity index (χ4v) is 8.18. The normalized spacial score (nSPS) is 27.9. The van der Waals surface area contributed by atoms with E-state index in [4.69, 9.17) is 8.37 Å². The van der Waals surface area contributed by atoms with Crippen molar-refractivity contribution in [2.24, 2.45) is 0 Å². The zero-order chi connectivity index (χ0) is 23.4. The Balaban J connectivity index is 1.63. The lowest BCUT2D eigenvalue weighted by Gasteiger charge is -2.22. The highest BCUT2D eigenvalue weighted by Crippen LogP contribution is 2.56. The van der Waals surface area contributed by atoms with E-state index in [2.05, 4.69) is 14.5 Å². The predicted molar refractivity (Wildman–Crippen MR) is 126 cm³/mol. The van der Waals surface area contributed by atoms with Crippen molar-refractivity contribution in [1.82, 2.24) is 14.5 Å². The van der Waals surface area contributed by atoms with Gasteiger partial charge in [-0.05, 0) is 18.6 Å². The lowest BCUT2D eigenvalue weighted by molar-refractivity contribution is 0.0880. The van der Waals surface area contributed by atoms with Crippen molar-refractivity contribution < 1.29 is 26.4 Å². The van der Waals surface area contributed by atoms with E-state index < -0.39 is 34.4 Å². The highest BCUT2D eigenvalue weighted by Gasteiger charge is 2.58. The summed E-state index contributed by atoms with van der Waals surface area (Å²) in [5.41, 5.74) is 4.11. The number of imide groups is 1. The molecule has 4 aliphatic rings. The molecule has 5 heterocycles. The third-order valence-corrected chi connectivity index (χ3v) is 9.08. The summed E-state index contributed by atoms with van der Waals surface area (Å²) in [4.78, 5) is 26.4. The zero-order valence-electron chi connectivity index (χ0n) is 17.9. The quantitative estimate of drug-likeness (QED) is 0.337. The molecular weight excluding hydrogens is 470 g/mol. The molecule has 2 unspecified atom stereocenters. The van der Waals surface area contributed by atoms with Crippen molar-refractivity contribution in [2.75, 3.05) is 0 Å². The summed E-state index contributed by atoms with van der Waals surface area (Å²) in [6.07, 6.45) is -0.805. The number of fused-ring (bicyclic) bond motifs is 11. The summed E-state index contributed by atoms with van der Waals surface area (Å²) in [6.45, 7) is 0. The van der Waals surface area contributed by atoms with Crippen molar-refractivity contribution in [3.8, 4) is 0 Å². The van der Waals surface area contributed by atoms with Crippen LogP contribution >= 0.6 is 0 Å². The van der Waals surface area contributed by atoms with Crippen molar-refractivity contribution >= 4 is 65.8 Å². The van der Waals surface area contributed by atoms with Crippen LogP contribution in [0.5, 0.6) is 0 Å². The standard InChI is InChI=1S/C25H15N3O6S/c29-24-18-16-10-5-1-3-7-12(10)27-14-9-15(23-22(14)33-35(31,32)34-23)28-13-8-4-2-6-11(13)17(21(28)20(16)27)19(18)25(30)26-24/h1-8,14-15,22-23H,9H2,(H,26,29,30)/t14?,15?,22-,23+. The Morgan fingerprint density at radius 2 is 1.20 bits per heavy atom. The lowest BCUT2D eigenvalue weighted by Crippen LogP contribution is -2.29. The Labute approximate surface area is 197 Å². The number of carbonyl (C=O) groups is 2. The molecule has 3 aromatic carbocycles. The molecule has 9 rings (SSSR count). The van der Waals surface area contributed by atoms with Gasteiger partial charge in [0.1, 0.15) is 12.2 Å². The third kappa shape index (κ3) is 1.92. The molecule has 5 aromatic rings. The first-order valence-corrected chi connectivity index (χ1v) is 12.8. The third-order valence-electron chi connectivity index (χ3n) is 8.16. The molecule has 3 aliphatic heterocycles. The molecule has 0 spiro atoms. The topological polar surface area (TPSA) is 109 Å². The van der Waals surface area contributed by atoms with Crippen molar-refractivity contribution in [3.63, 3.8) is 0 Å². The van der Waals surface area contributed by atoms with E-state index in [1.807, 2.05) is 48.5 Å². The van der Waals surface area contributed by atoms with Gasteiger partial charge in [-0.15, -0.1) is 0 Å². The molecule has 2 fully saturated rings. The first kappa shape index (κ1) is 18.6. The van der Waals surface area contributed by atoms with E-state index in [-0.39, 0.29) is 12.1 Å². The zero-order valence-corrected chi connectivity index (χ0v) is 18.7. The highest BCUT2D eigenvalue weighted by molar-refractivity contribution is 7.82. The van der Waals surface area contributed by atoms with E-state index in [9.17, 15) is 18.0 Å². The molecule has 1 aliphatic carbocycles. The summed E-state index contributed by atoms with van der Waals surface area (Å²) in [6, 6.07) is 14.8. The number of amides is 2. The highest BCUT2D eigenvalue weighted by atomic mass is 32.3. The average molecular weight is 485 g/mol. The van der Waals surface area contributed by atoms with E-state index in [0.29, 0.717) is 28.3 Å². The van der Waals surface area contributed by atoms with Crippen LogP contribution in [0.1, 0.15) is 39.2 Å². The minimum Gasteiger partial charge on any atom is -0.333 e. The van der Waals surface area contributed by atoms with Crippen molar-refractivity contribution in [3.05, 3.63) is 59.7 Å². The Bertz CT molecular complexity index is 1870. The van der Waals surface area contributed by atoms with Gasteiger partial charge in [-0.3, -0.25) is 14.9 Å². The number of nitrogens with zero attached hydrogens (tertiary/aromatic N) is 2. The average Bonchev–Trinajstić information content (AvgIpc) is 3.56. The van der Waals surface area contributed by atoms with Gasteiger partial charge in [0.15, 0.2) is 0 Å². The summed E-state index contributed by atoms with van der Waals surface area (Å²) in [7, 11) is -4.13. The van der Waals surface area contributed by atoms with Gasteiger partial charge in [-0.2, -0.15) is 8.42 Å². The molecule has 1 saturated carbocycles. The number of hydrogen-bond donors (Lipinski definition) is 1. The number of nitrogens with one attached hydrogen (secondary N) is 1. The molecule has 2 amide bonds. The molecule has 1 N–H and O–H groups in total. The minimum atomic E-state index is -4.13. The molecular formula is C25H15N3O6S. The fourth-order valence-electron chi connectivity index (χ4n) is 7.11. The minimum absolute atomic E-state index is 0.329. The number of aromatic nitrogens is 2. The molecule has 2 aromatic heterocycles. The van der Waals surface area contributed by atoms with Crippen LogP contribution < -0.4 is 5.32 Å². The Hall–Kier alpha value is -3.73. The molecule has 4 atom stereocenters. The molecule has 35 heavy (non-hydrogen) atoms. The maximum atomic E-state index is 13.2. The van der Waals surface area contributed by atoms with Gasteiger partial charge in [-0.25, -0.2) is 8.37 Å². The van der Waals surface area contributed by atoms with Gasteiger partial charge in [0.2, 0.25) is 0 Å². The lowest BCUT2D eigenvalue weighted by atomic mass is 9.96. The number of hydrogen-bond acceptors (Lipinski definition) is 6. The van der Waals surface area contributed by atoms with Crippen LogP contribution in [0, 0.1) is 0 Å². The second-order valence-electron chi connectivity index (χ2n) is 9.66. The summed E-state index contributed by atoms with van der Waals surface area (Å²) in [5, 5.41) is 5.61. The second-order valence-corrected chi connectivity index (χ2v) is 10.9. The maximum absolute atomic E-state index is 13.2. The molecule has 10 heteroatoms. The number of benzene rings is 3. The monoisotopic (exact) mass is 485 g/mol. The van der Waals surface area contributed by atoms with Gasteiger partial charge >= 0.3 is 10.4 Å². The Morgan fingerprint density at radius 1 is 0.743 bits per heavy atom. The van der Waals surface area contributed by atoms with Crippen LogP contribution in [-0.4, -0.2) is 41.6 Å². The first-order chi connectivity index (χ1) is 16.9. The van der Waals surface area contributed by atoms with E-state index in [0.717, 1.165) is 32.8 Å². The van der Waals surface area contributed by atoms with Crippen LogP contribution in [0.15, 0.2) is 48.5 Å². The number of carbonyl (C=O) groups excluding carboxylic acids is 2. The molecule has 0 radical (unpaired) electrons. The van der Waals surface area contributed by atoms with Crippen LogP contribution in [0.2, 0.25) is 0 Å². The predicted octanol–water partition coefficient (Wildman–Crippen LogP) is 3.31. The van der Waals surface area contributed by atoms with Crippen LogP contribution in [0.3, 0.4) is 0 Å². The van der Waals surface area contributed by atoms with Crippen molar-refractivity contribution in [2.45, 2.75) is 30.7 Å². The molecule has 2 bridgehead atoms. The number of rotatable bonds is 0. The Kier molecular flexibility index (Phi) is 2.95. The van der Waals surface area contributed by atoms with E-state index >= 15 is 0 Å². The van der Waals surface area contributed by atoms with Crippen LogP contribution in [0.25, 0.3) is 43.6 Å². The SMILES string of the molecule is O=C1NC(=O)c2c1c1c3ccccc3n3c1c1c2c2ccccc2n1C1CC3[C@H]2OS(=O)(=O)O[C@@H]12. The van der Waals surface area contributed by atoms with Crippen molar-refractivity contribution in [1.29, 1.82) is 0 Å². The second kappa shape index (κ2) is 5.56. The van der Waals surface area contributed by atoms with Gasteiger partial charge in [0, 0.05) is 32.6 Å². The summed E-state index contributed by atoms with van der Waals surface area (Å²) < 4.78 is 40.1.